The number of benzene rings is 1. The first kappa shape index (κ1) is 11.4. The van der Waals surface area contributed by atoms with Gasteiger partial charge in [0.15, 0.2) is 0 Å². The van der Waals surface area contributed by atoms with Gasteiger partial charge in [0, 0.05) is 25.6 Å². The van der Waals surface area contributed by atoms with Crippen molar-refractivity contribution in [1.82, 2.24) is 4.90 Å². The number of nitrogens with zero attached hydrogens (tertiary/aromatic N) is 1. The molecule has 3 N–H and O–H groups in total. The van der Waals surface area contributed by atoms with E-state index in [4.69, 9.17) is 10.8 Å². The molecule has 1 heterocycles. The summed E-state index contributed by atoms with van der Waals surface area (Å²) in [6.07, 6.45) is 0.338. The lowest BCUT2D eigenvalue weighted by atomic mass is 9.93. The van der Waals surface area contributed by atoms with E-state index in [1.54, 1.807) is 12.1 Å². The van der Waals surface area contributed by atoms with Crippen molar-refractivity contribution in [3.05, 3.63) is 29.3 Å². The zero-order valence-corrected chi connectivity index (χ0v) is 9.51. The summed E-state index contributed by atoms with van der Waals surface area (Å²) in [5, 5.41) is 9.12. The molecule has 0 aromatic heterocycles. The topological polar surface area (TPSA) is 83.6 Å². The number of nitrogens with two attached hydrogens (primary N) is 1. The van der Waals surface area contributed by atoms with Crippen LogP contribution in [0.4, 0.5) is 5.69 Å². The van der Waals surface area contributed by atoms with E-state index in [2.05, 4.69) is 0 Å². The van der Waals surface area contributed by atoms with E-state index >= 15 is 0 Å². The monoisotopic (exact) mass is 234 g/mol. The van der Waals surface area contributed by atoms with E-state index < -0.39 is 12.0 Å². The number of amides is 1. The summed E-state index contributed by atoms with van der Waals surface area (Å²) >= 11 is 0. The summed E-state index contributed by atoms with van der Waals surface area (Å²) in [7, 11) is 0. The van der Waals surface area contributed by atoms with Crippen molar-refractivity contribution in [3.8, 4) is 0 Å². The predicted molar refractivity (Wildman–Crippen MR) is 62.2 cm³/mol. The van der Waals surface area contributed by atoms with Crippen LogP contribution in [0, 0.1) is 0 Å². The lowest BCUT2D eigenvalue weighted by Gasteiger charge is -2.33. The molecule has 1 aliphatic rings. The molecule has 1 atom stereocenters. The molecule has 0 radical (unpaired) electrons. The Morgan fingerprint density at radius 1 is 1.41 bits per heavy atom. The average Bonchev–Trinajstić information content (AvgIpc) is 2.26. The number of aliphatic carboxylic acids is 1. The van der Waals surface area contributed by atoms with Crippen LogP contribution in [0.25, 0.3) is 0 Å². The van der Waals surface area contributed by atoms with E-state index in [1.807, 2.05) is 6.07 Å². The molecule has 17 heavy (non-hydrogen) atoms. The number of rotatable bonds is 1. The van der Waals surface area contributed by atoms with Crippen LogP contribution in [0.5, 0.6) is 0 Å². The molecule has 5 nitrogen and oxygen atoms in total. The highest BCUT2D eigenvalue weighted by molar-refractivity contribution is 5.83. The first-order valence-electron chi connectivity index (χ1n) is 5.36. The van der Waals surface area contributed by atoms with Crippen LogP contribution in [0.3, 0.4) is 0 Å². The normalized spacial score (nSPS) is 18.6. The minimum absolute atomic E-state index is 0.231. The van der Waals surface area contributed by atoms with Crippen LogP contribution < -0.4 is 5.73 Å². The molecule has 0 unspecified atom stereocenters. The van der Waals surface area contributed by atoms with Crippen LogP contribution in [0.15, 0.2) is 18.2 Å². The van der Waals surface area contributed by atoms with E-state index in [0.29, 0.717) is 18.7 Å². The first-order valence-corrected chi connectivity index (χ1v) is 5.36. The van der Waals surface area contributed by atoms with Crippen LogP contribution in [0.2, 0.25) is 0 Å². The molecule has 1 aromatic rings. The zero-order valence-electron chi connectivity index (χ0n) is 9.51. The summed E-state index contributed by atoms with van der Waals surface area (Å²) in [6, 6.07) is 4.60. The Kier molecular flexibility index (Phi) is 2.75. The van der Waals surface area contributed by atoms with Crippen LogP contribution in [-0.2, 0) is 22.6 Å². The van der Waals surface area contributed by atoms with Gasteiger partial charge in [0.25, 0.3) is 0 Å². The predicted octanol–water partition coefficient (Wildman–Crippen LogP) is 0.627. The van der Waals surface area contributed by atoms with Crippen molar-refractivity contribution in [3.63, 3.8) is 0 Å². The Labute approximate surface area is 98.8 Å². The summed E-state index contributed by atoms with van der Waals surface area (Å²) in [6.45, 7) is 1.69. The van der Waals surface area contributed by atoms with Gasteiger partial charge in [0.05, 0.1) is 0 Å². The van der Waals surface area contributed by atoms with Crippen molar-refractivity contribution in [2.75, 3.05) is 5.73 Å². The summed E-state index contributed by atoms with van der Waals surface area (Å²) in [5.41, 5.74) is 8.18. The Morgan fingerprint density at radius 2 is 2.12 bits per heavy atom. The molecule has 0 bridgehead atoms. The largest absolute Gasteiger partial charge is 0.480 e. The van der Waals surface area contributed by atoms with Crippen molar-refractivity contribution in [2.24, 2.45) is 0 Å². The van der Waals surface area contributed by atoms with Gasteiger partial charge in [-0.2, -0.15) is 0 Å². The van der Waals surface area contributed by atoms with E-state index in [9.17, 15) is 9.59 Å². The van der Waals surface area contributed by atoms with Gasteiger partial charge < -0.3 is 15.7 Å². The quantitative estimate of drug-likeness (QED) is 0.698. The smallest absolute Gasteiger partial charge is 0.326 e. The Balaban J connectivity index is 2.39. The van der Waals surface area contributed by atoms with Crippen molar-refractivity contribution in [2.45, 2.75) is 25.9 Å². The van der Waals surface area contributed by atoms with Gasteiger partial charge >= 0.3 is 5.97 Å². The molecular weight excluding hydrogens is 220 g/mol. The van der Waals surface area contributed by atoms with Gasteiger partial charge in [0.1, 0.15) is 6.04 Å². The fourth-order valence-electron chi connectivity index (χ4n) is 2.16. The fourth-order valence-corrected chi connectivity index (χ4v) is 2.16. The van der Waals surface area contributed by atoms with Crippen molar-refractivity contribution in [1.29, 1.82) is 0 Å². The highest BCUT2D eigenvalue weighted by Crippen LogP contribution is 2.25. The number of carboxylic acid groups (broad SMARTS) is 1. The summed E-state index contributed by atoms with van der Waals surface area (Å²) < 4.78 is 0. The molecule has 5 heteroatoms. The van der Waals surface area contributed by atoms with E-state index in [1.165, 1.54) is 11.8 Å². The lowest BCUT2D eigenvalue weighted by Crippen LogP contribution is -2.47. The highest BCUT2D eigenvalue weighted by Gasteiger charge is 2.32. The number of hydrogen-bond acceptors (Lipinski definition) is 3. The van der Waals surface area contributed by atoms with Crippen molar-refractivity contribution >= 4 is 17.6 Å². The molecule has 0 saturated heterocycles. The highest BCUT2D eigenvalue weighted by atomic mass is 16.4. The van der Waals surface area contributed by atoms with Crippen LogP contribution >= 0.6 is 0 Å². The minimum atomic E-state index is -0.970. The van der Waals surface area contributed by atoms with E-state index in [-0.39, 0.29) is 5.91 Å². The SMILES string of the molecule is CC(=O)N1Cc2cc(N)ccc2C[C@H]1C(=O)O. The second-order valence-electron chi connectivity index (χ2n) is 4.23. The molecule has 2 rings (SSSR count). The molecule has 1 amide bonds. The molecule has 1 aliphatic heterocycles. The number of carboxylic acids is 1. The third-order valence-corrected chi connectivity index (χ3v) is 3.05. The van der Waals surface area contributed by atoms with Crippen molar-refractivity contribution < 1.29 is 14.7 Å². The van der Waals surface area contributed by atoms with Gasteiger partial charge in [-0.25, -0.2) is 4.79 Å². The number of carbonyl (C=O) groups excluding carboxylic acids is 1. The second kappa shape index (κ2) is 4.08. The average molecular weight is 234 g/mol. The molecule has 0 spiro atoms. The van der Waals surface area contributed by atoms with Gasteiger partial charge in [-0.1, -0.05) is 6.07 Å². The number of carbonyl (C=O) groups is 2. The van der Waals surface area contributed by atoms with E-state index in [0.717, 1.165) is 11.1 Å². The van der Waals surface area contributed by atoms with Crippen LogP contribution in [0.1, 0.15) is 18.1 Å². The van der Waals surface area contributed by atoms with Crippen LogP contribution in [-0.4, -0.2) is 27.9 Å². The minimum Gasteiger partial charge on any atom is -0.480 e. The Bertz CT molecular complexity index is 485. The van der Waals surface area contributed by atoms with Gasteiger partial charge in [0.2, 0.25) is 5.91 Å². The lowest BCUT2D eigenvalue weighted by molar-refractivity contribution is -0.150. The summed E-state index contributed by atoms with van der Waals surface area (Å²) in [5.74, 6) is -1.20. The van der Waals surface area contributed by atoms with Gasteiger partial charge in [-0.15, -0.1) is 0 Å². The summed E-state index contributed by atoms with van der Waals surface area (Å²) in [4.78, 5) is 23.9. The molecule has 90 valence electrons. The first-order chi connectivity index (χ1) is 7.99. The Morgan fingerprint density at radius 3 is 2.71 bits per heavy atom. The molecule has 0 fully saturated rings. The standard InChI is InChI=1S/C12H14N2O3/c1-7(15)14-6-9-4-10(13)3-2-8(9)5-11(14)12(16)17/h2-4,11H,5-6,13H2,1H3,(H,16,17)/t11-/m0/s1. The number of hydrogen-bond donors (Lipinski definition) is 2. The van der Waals surface area contributed by atoms with Gasteiger partial charge in [-0.3, -0.25) is 4.79 Å². The number of fused-ring (bicyclic) bond motifs is 1. The maximum absolute atomic E-state index is 11.4. The third kappa shape index (κ3) is 2.08. The zero-order chi connectivity index (χ0) is 12.6. The maximum atomic E-state index is 11.4. The molecular formula is C12H14N2O3. The molecule has 0 aliphatic carbocycles. The third-order valence-electron chi connectivity index (χ3n) is 3.05. The second-order valence-corrected chi connectivity index (χ2v) is 4.23. The molecule has 1 aromatic carbocycles. The molecule has 0 saturated carbocycles. The fraction of sp³-hybridized carbons (Fsp3) is 0.333. The number of anilines is 1. The number of nitrogen functional groups attached to an aromatic ring is 1. The maximum Gasteiger partial charge on any atom is 0.326 e. The van der Waals surface area contributed by atoms with Gasteiger partial charge in [-0.05, 0) is 23.3 Å². The Hall–Kier alpha value is -2.04.